The van der Waals surface area contributed by atoms with Gasteiger partial charge in [0.05, 0.1) is 6.54 Å². The van der Waals surface area contributed by atoms with E-state index in [1.54, 1.807) is 6.07 Å². The van der Waals surface area contributed by atoms with Crippen molar-refractivity contribution in [1.29, 1.82) is 0 Å². The van der Waals surface area contributed by atoms with Gasteiger partial charge in [-0.05, 0) is 6.07 Å². The SMILES string of the molecule is CCc1oc(C(N)=O)cc1CSc1nnc(CN)n1C. The first-order valence-corrected chi connectivity index (χ1v) is 7.17. The molecule has 7 nitrogen and oxygen atoms in total. The summed E-state index contributed by atoms with van der Waals surface area (Å²) in [6.07, 6.45) is 0.704. The molecular formula is C12H17N5O2S. The Morgan fingerprint density at radius 1 is 1.50 bits per heavy atom. The van der Waals surface area contributed by atoms with E-state index >= 15 is 0 Å². The van der Waals surface area contributed by atoms with E-state index in [9.17, 15) is 4.79 Å². The Labute approximate surface area is 120 Å². The minimum absolute atomic E-state index is 0.193. The van der Waals surface area contributed by atoms with E-state index in [-0.39, 0.29) is 5.76 Å². The molecule has 0 aromatic carbocycles. The van der Waals surface area contributed by atoms with Crippen LogP contribution in [0.25, 0.3) is 0 Å². The number of aromatic nitrogens is 3. The zero-order valence-corrected chi connectivity index (χ0v) is 12.2. The van der Waals surface area contributed by atoms with Crippen LogP contribution in [-0.4, -0.2) is 20.7 Å². The third-order valence-corrected chi connectivity index (χ3v) is 3.99. The lowest BCUT2D eigenvalue weighted by molar-refractivity contribution is 0.0972. The summed E-state index contributed by atoms with van der Waals surface area (Å²) in [5.74, 6) is 1.77. The fraction of sp³-hybridized carbons (Fsp3) is 0.417. The number of primary amides is 1. The van der Waals surface area contributed by atoms with E-state index in [4.69, 9.17) is 15.9 Å². The van der Waals surface area contributed by atoms with Crippen LogP contribution in [0.5, 0.6) is 0 Å². The predicted octanol–water partition coefficient (Wildman–Crippen LogP) is 0.820. The number of amides is 1. The van der Waals surface area contributed by atoms with Crippen molar-refractivity contribution in [2.24, 2.45) is 18.5 Å². The molecule has 0 atom stereocenters. The van der Waals surface area contributed by atoms with Crippen molar-refractivity contribution >= 4 is 17.7 Å². The molecule has 0 aliphatic rings. The van der Waals surface area contributed by atoms with E-state index in [0.717, 1.165) is 22.3 Å². The molecule has 0 bridgehead atoms. The lowest BCUT2D eigenvalue weighted by Crippen LogP contribution is -2.09. The monoisotopic (exact) mass is 295 g/mol. The van der Waals surface area contributed by atoms with Gasteiger partial charge < -0.3 is 20.5 Å². The molecule has 0 fully saturated rings. The summed E-state index contributed by atoms with van der Waals surface area (Å²) < 4.78 is 7.27. The molecule has 0 spiro atoms. The third-order valence-electron chi connectivity index (χ3n) is 2.93. The highest BCUT2D eigenvalue weighted by atomic mass is 32.2. The van der Waals surface area contributed by atoms with Crippen molar-refractivity contribution in [3.8, 4) is 0 Å². The number of carbonyl (C=O) groups excluding carboxylic acids is 1. The smallest absolute Gasteiger partial charge is 0.284 e. The van der Waals surface area contributed by atoms with Crippen LogP contribution in [0.1, 0.15) is 34.6 Å². The highest BCUT2D eigenvalue weighted by Crippen LogP contribution is 2.25. The lowest BCUT2D eigenvalue weighted by atomic mass is 10.2. The highest BCUT2D eigenvalue weighted by Gasteiger charge is 2.15. The normalized spacial score (nSPS) is 10.9. The number of furan rings is 1. The summed E-state index contributed by atoms with van der Waals surface area (Å²) in [4.78, 5) is 11.1. The first-order valence-electron chi connectivity index (χ1n) is 6.19. The highest BCUT2D eigenvalue weighted by molar-refractivity contribution is 7.98. The average Bonchev–Trinajstić information content (AvgIpc) is 3.00. The summed E-state index contributed by atoms with van der Waals surface area (Å²) in [6, 6.07) is 1.69. The van der Waals surface area contributed by atoms with E-state index < -0.39 is 5.91 Å². The van der Waals surface area contributed by atoms with Gasteiger partial charge in [-0.3, -0.25) is 4.79 Å². The minimum atomic E-state index is -0.556. The molecule has 0 saturated carbocycles. The molecule has 0 radical (unpaired) electrons. The number of aryl methyl sites for hydroxylation is 1. The average molecular weight is 295 g/mol. The molecule has 108 valence electrons. The van der Waals surface area contributed by atoms with Gasteiger partial charge in [-0.2, -0.15) is 0 Å². The van der Waals surface area contributed by atoms with E-state index in [2.05, 4.69) is 10.2 Å². The fourth-order valence-electron chi connectivity index (χ4n) is 1.80. The zero-order valence-electron chi connectivity index (χ0n) is 11.4. The molecule has 4 N–H and O–H groups in total. The molecule has 20 heavy (non-hydrogen) atoms. The molecule has 8 heteroatoms. The maximum absolute atomic E-state index is 11.1. The van der Waals surface area contributed by atoms with Gasteiger partial charge in [-0.1, -0.05) is 18.7 Å². The quantitative estimate of drug-likeness (QED) is 0.763. The van der Waals surface area contributed by atoms with Gasteiger partial charge in [0.1, 0.15) is 11.6 Å². The van der Waals surface area contributed by atoms with E-state index in [1.165, 1.54) is 11.8 Å². The molecule has 0 aliphatic heterocycles. The molecule has 2 aromatic heterocycles. The van der Waals surface area contributed by atoms with Crippen molar-refractivity contribution in [3.63, 3.8) is 0 Å². The molecule has 2 heterocycles. The van der Waals surface area contributed by atoms with Crippen molar-refractivity contribution < 1.29 is 9.21 Å². The first kappa shape index (κ1) is 14.6. The van der Waals surface area contributed by atoms with Crippen LogP contribution in [0, 0.1) is 0 Å². The Morgan fingerprint density at radius 3 is 2.80 bits per heavy atom. The molecule has 2 aromatic rings. The molecule has 0 aliphatic carbocycles. The van der Waals surface area contributed by atoms with Crippen LogP contribution >= 0.6 is 11.8 Å². The zero-order chi connectivity index (χ0) is 14.7. The predicted molar refractivity (Wildman–Crippen MR) is 75.1 cm³/mol. The summed E-state index contributed by atoms with van der Waals surface area (Å²) in [5.41, 5.74) is 11.7. The van der Waals surface area contributed by atoms with E-state index in [0.29, 0.717) is 18.7 Å². The van der Waals surface area contributed by atoms with Gasteiger partial charge in [0.25, 0.3) is 5.91 Å². The van der Waals surface area contributed by atoms with Gasteiger partial charge in [0.2, 0.25) is 0 Å². The maximum atomic E-state index is 11.1. The topological polar surface area (TPSA) is 113 Å². The van der Waals surface area contributed by atoms with Gasteiger partial charge >= 0.3 is 0 Å². The van der Waals surface area contributed by atoms with Gasteiger partial charge in [0, 0.05) is 24.8 Å². The van der Waals surface area contributed by atoms with Crippen LogP contribution in [0.4, 0.5) is 0 Å². The Bertz CT molecular complexity index is 619. The van der Waals surface area contributed by atoms with Crippen molar-refractivity contribution in [2.45, 2.75) is 30.8 Å². The standard InChI is InChI=1S/C12H17N5O2S/c1-3-8-7(4-9(19-8)11(14)18)6-20-12-16-15-10(5-13)17(12)2/h4H,3,5-6,13H2,1-2H3,(H2,14,18). The molecule has 2 rings (SSSR count). The Hall–Kier alpha value is -1.80. The van der Waals surface area contributed by atoms with Crippen molar-refractivity contribution in [2.75, 3.05) is 0 Å². The summed E-state index contributed by atoms with van der Waals surface area (Å²) >= 11 is 1.51. The number of rotatable bonds is 6. The number of thioether (sulfide) groups is 1. The second-order valence-electron chi connectivity index (χ2n) is 4.23. The summed E-state index contributed by atoms with van der Waals surface area (Å²) in [6.45, 7) is 2.31. The minimum Gasteiger partial charge on any atom is -0.456 e. The van der Waals surface area contributed by atoms with E-state index in [1.807, 2.05) is 18.5 Å². The van der Waals surface area contributed by atoms with Gasteiger partial charge in [0.15, 0.2) is 10.9 Å². The largest absolute Gasteiger partial charge is 0.456 e. The molecule has 1 amide bonds. The molecular weight excluding hydrogens is 278 g/mol. The fourth-order valence-corrected chi connectivity index (χ4v) is 2.73. The molecule has 0 saturated heterocycles. The van der Waals surface area contributed by atoms with Crippen molar-refractivity contribution in [3.05, 3.63) is 29.0 Å². The second-order valence-corrected chi connectivity index (χ2v) is 5.17. The van der Waals surface area contributed by atoms with Gasteiger partial charge in [-0.25, -0.2) is 0 Å². The first-order chi connectivity index (χ1) is 9.56. The second kappa shape index (κ2) is 6.10. The Balaban J connectivity index is 2.13. The maximum Gasteiger partial charge on any atom is 0.284 e. The third kappa shape index (κ3) is 2.86. The van der Waals surface area contributed by atoms with Crippen LogP contribution < -0.4 is 11.5 Å². The molecule has 0 unspecified atom stereocenters. The van der Waals surface area contributed by atoms with Crippen molar-refractivity contribution in [1.82, 2.24) is 14.8 Å². The number of carbonyl (C=O) groups is 1. The van der Waals surface area contributed by atoms with Gasteiger partial charge in [-0.15, -0.1) is 10.2 Å². The summed E-state index contributed by atoms with van der Waals surface area (Å²) in [5, 5.41) is 8.84. The lowest BCUT2D eigenvalue weighted by Gasteiger charge is -2.02. The van der Waals surface area contributed by atoms with Crippen LogP contribution in [0.3, 0.4) is 0 Å². The Kier molecular flexibility index (Phi) is 4.46. The number of hydrogen-bond donors (Lipinski definition) is 2. The number of hydrogen-bond acceptors (Lipinski definition) is 6. The number of nitrogens with two attached hydrogens (primary N) is 2. The number of nitrogens with zero attached hydrogens (tertiary/aromatic N) is 3. The van der Waals surface area contributed by atoms with Crippen LogP contribution in [0.15, 0.2) is 15.6 Å². The van der Waals surface area contributed by atoms with Crippen LogP contribution in [-0.2, 0) is 25.8 Å². The van der Waals surface area contributed by atoms with Crippen LogP contribution in [0.2, 0.25) is 0 Å². The Morgan fingerprint density at radius 2 is 2.25 bits per heavy atom. The summed E-state index contributed by atoms with van der Waals surface area (Å²) in [7, 11) is 1.87.